The van der Waals surface area contributed by atoms with Crippen LogP contribution in [0.25, 0.3) is 11.3 Å². The molecule has 1 amide bonds. The first-order chi connectivity index (χ1) is 15.7. The van der Waals surface area contributed by atoms with E-state index in [1.54, 1.807) is 24.3 Å². The van der Waals surface area contributed by atoms with E-state index in [-0.39, 0.29) is 17.7 Å². The Morgan fingerprint density at radius 2 is 1.88 bits per heavy atom. The number of benzene rings is 2. The van der Waals surface area contributed by atoms with Crippen LogP contribution in [0, 0.1) is 10.1 Å². The number of non-ortho nitro benzene ring substituents is 1. The van der Waals surface area contributed by atoms with Gasteiger partial charge in [0.1, 0.15) is 18.1 Å². The monoisotopic (exact) mass is 449 g/mol. The number of carbonyl (C=O) groups is 1. The SMILES string of the molecule is CC(C)(C)c1ccc2c(c1)OC(C(=O)N/N=C/c1ccc(-c3ccc([N+](=O)[O-])cc3)o1)CO2. The number of carbonyl (C=O) groups excluding carboxylic acids is 1. The summed E-state index contributed by atoms with van der Waals surface area (Å²) >= 11 is 0. The zero-order chi connectivity index (χ0) is 23.6. The Hall–Kier alpha value is -4.14. The van der Waals surface area contributed by atoms with Crippen molar-refractivity contribution in [3.8, 4) is 22.8 Å². The summed E-state index contributed by atoms with van der Waals surface area (Å²) in [4.78, 5) is 22.8. The van der Waals surface area contributed by atoms with Crippen molar-refractivity contribution in [1.29, 1.82) is 0 Å². The molecule has 170 valence electrons. The second kappa shape index (κ2) is 8.78. The maximum atomic E-state index is 12.5. The van der Waals surface area contributed by atoms with E-state index in [0.29, 0.717) is 28.6 Å². The summed E-state index contributed by atoms with van der Waals surface area (Å²) in [5.74, 6) is 1.61. The molecule has 0 spiro atoms. The van der Waals surface area contributed by atoms with Gasteiger partial charge in [-0.2, -0.15) is 5.10 Å². The highest BCUT2D eigenvalue weighted by Gasteiger charge is 2.28. The molecule has 0 aliphatic carbocycles. The Bertz CT molecular complexity index is 1210. The average molecular weight is 449 g/mol. The smallest absolute Gasteiger partial charge is 0.284 e. The predicted molar refractivity (Wildman–Crippen MR) is 122 cm³/mol. The summed E-state index contributed by atoms with van der Waals surface area (Å²) in [7, 11) is 0. The van der Waals surface area contributed by atoms with Crippen molar-refractivity contribution in [3.05, 3.63) is 76.0 Å². The molecule has 2 aromatic carbocycles. The van der Waals surface area contributed by atoms with Gasteiger partial charge in [-0.3, -0.25) is 14.9 Å². The van der Waals surface area contributed by atoms with Gasteiger partial charge < -0.3 is 13.9 Å². The van der Waals surface area contributed by atoms with E-state index >= 15 is 0 Å². The van der Waals surface area contributed by atoms with Crippen LogP contribution in [0.5, 0.6) is 11.5 Å². The second-order valence-corrected chi connectivity index (χ2v) is 8.57. The Morgan fingerprint density at radius 3 is 2.58 bits per heavy atom. The summed E-state index contributed by atoms with van der Waals surface area (Å²) < 4.78 is 17.2. The van der Waals surface area contributed by atoms with Crippen LogP contribution in [0.4, 0.5) is 5.69 Å². The summed E-state index contributed by atoms with van der Waals surface area (Å²) in [5.41, 5.74) is 4.14. The number of hydrazone groups is 1. The summed E-state index contributed by atoms with van der Waals surface area (Å²) in [6.45, 7) is 6.37. The van der Waals surface area contributed by atoms with Crippen LogP contribution < -0.4 is 14.9 Å². The molecule has 2 heterocycles. The van der Waals surface area contributed by atoms with Crippen LogP contribution in [-0.2, 0) is 10.2 Å². The lowest BCUT2D eigenvalue weighted by atomic mass is 9.87. The minimum absolute atomic E-state index is 0.000897. The van der Waals surface area contributed by atoms with Gasteiger partial charge in [0.15, 0.2) is 11.5 Å². The molecule has 33 heavy (non-hydrogen) atoms. The van der Waals surface area contributed by atoms with Crippen molar-refractivity contribution >= 4 is 17.8 Å². The normalized spacial score (nSPS) is 15.4. The number of fused-ring (bicyclic) bond motifs is 1. The number of ether oxygens (including phenoxy) is 2. The lowest BCUT2D eigenvalue weighted by Gasteiger charge is -2.27. The Labute approximate surface area is 190 Å². The van der Waals surface area contributed by atoms with Crippen molar-refractivity contribution in [2.24, 2.45) is 5.10 Å². The molecule has 0 radical (unpaired) electrons. The third-order valence-corrected chi connectivity index (χ3v) is 5.12. The van der Waals surface area contributed by atoms with Gasteiger partial charge in [-0.05, 0) is 47.4 Å². The maximum absolute atomic E-state index is 12.5. The molecule has 1 aliphatic heterocycles. The van der Waals surface area contributed by atoms with E-state index in [1.807, 2.05) is 18.2 Å². The first kappa shape index (κ1) is 22.1. The highest BCUT2D eigenvalue weighted by molar-refractivity contribution is 5.84. The van der Waals surface area contributed by atoms with Crippen LogP contribution >= 0.6 is 0 Å². The molecule has 4 rings (SSSR count). The van der Waals surface area contributed by atoms with Gasteiger partial charge in [-0.1, -0.05) is 26.8 Å². The quantitative estimate of drug-likeness (QED) is 0.350. The molecule has 0 saturated heterocycles. The van der Waals surface area contributed by atoms with Crippen LogP contribution in [-0.4, -0.2) is 29.8 Å². The van der Waals surface area contributed by atoms with Gasteiger partial charge >= 0.3 is 0 Å². The van der Waals surface area contributed by atoms with E-state index in [0.717, 1.165) is 5.56 Å². The summed E-state index contributed by atoms with van der Waals surface area (Å²) in [6, 6.07) is 15.1. The molecule has 0 bridgehead atoms. The first-order valence-corrected chi connectivity index (χ1v) is 10.3. The first-order valence-electron chi connectivity index (χ1n) is 10.3. The van der Waals surface area contributed by atoms with Crippen LogP contribution in [0.3, 0.4) is 0 Å². The number of rotatable bonds is 5. The molecule has 9 nitrogen and oxygen atoms in total. The molecule has 1 N–H and O–H groups in total. The van der Waals surface area contributed by atoms with Gasteiger partial charge in [0, 0.05) is 17.7 Å². The van der Waals surface area contributed by atoms with Gasteiger partial charge in [0.2, 0.25) is 6.10 Å². The van der Waals surface area contributed by atoms with E-state index in [2.05, 4.69) is 31.3 Å². The standard InChI is InChI=1S/C24H23N3O6/c1-24(2,3)16-6-10-20-21(12-16)33-22(14-31-20)23(28)26-25-13-18-9-11-19(32-18)15-4-7-17(8-5-15)27(29)30/h4-13,22H,14H2,1-3H3,(H,26,28)/b25-13+. The Balaban J connectivity index is 1.37. The molecular weight excluding hydrogens is 426 g/mol. The third-order valence-electron chi connectivity index (χ3n) is 5.12. The molecular formula is C24H23N3O6. The number of hydrogen-bond donors (Lipinski definition) is 1. The maximum Gasteiger partial charge on any atom is 0.284 e. The van der Waals surface area contributed by atoms with Crippen molar-refractivity contribution in [3.63, 3.8) is 0 Å². The topological polar surface area (TPSA) is 116 Å². The fraction of sp³-hybridized carbons (Fsp3) is 0.250. The highest BCUT2D eigenvalue weighted by Crippen LogP contribution is 2.36. The zero-order valence-electron chi connectivity index (χ0n) is 18.4. The van der Waals surface area contributed by atoms with E-state index in [9.17, 15) is 14.9 Å². The van der Waals surface area contributed by atoms with Crippen molar-refractivity contribution in [2.45, 2.75) is 32.3 Å². The molecule has 1 aromatic heterocycles. The highest BCUT2D eigenvalue weighted by atomic mass is 16.6. The van der Waals surface area contributed by atoms with Crippen molar-refractivity contribution in [2.75, 3.05) is 6.61 Å². The molecule has 3 aromatic rings. The number of nitro benzene ring substituents is 1. The zero-order valence-corrected chi connectivity index (χ0v) is 18.4. The molecule has 0 saturated carbocycles. The molecule has 1 aliphatic rings. The minimum atomic E-state index is -0.836. The Morgan fingerprint density at radius 1 is 1.12 bits per heavy atom. The van der Waals surface area contributed by atoms with Crippen molar-refractivity contribution < 1.29 is 23.6 Å². The van der Waals surface area contributed by atoms with Crippen LogP contribution in [0.2, 0.25) is 0 Å². The van der Waals surface area contributed by atoms with Gasteiger partial charge in [-0.25, -0.2) is 5.43 Å². The van der Waals surface area contributed by atoms with Crippen LogP contribution in [0.1, 0.15) is 32.1 Å². The lowest BCUT2D eigenvalue weighted by molar-refractivity contribution is -0.384. The molecule has 0 fully saturated rings. The van der Waals surface area contributed by atoms with E-state index < -0.39 is 16.9 Å². The van der Waals surface area contributed by atoms with Gasteiger partial charge in [0.05, 0.1) is 11.1 Å². The van der Waals surface area contributed by atoms with Crippen molar-refractivity contribution in [1.82, 2.24) is 5.43 Å². The predicted octanol–water partition coefficient (Wildman–Crippen LogP) is 4.44. The lowest BCUT2D eigenvalue weighted by Crippen LogP contribution is -2.42. The second-order valence-electron chi connectivity index (χ2n) is 8.57. The van der Waals surface area contributed by atoms with E-state index in [1.165, 1.54) is 18.3 Å². The number of nitrogens with zero attached hydrogens (tertiary/aromatic N) is 2. The fourth-order valence-corrected chi connectivity index (χ4v) is 3.22. The van der Waals surface area contributed by atoms with Gasteiger partial charge in [0.25, 0.3) is 11.6 Å². The summed E-state index contributed by atoms with van der Waals surface area (Å²) in [5, 5.41) is 14.7. The third kappa shape index (κ3) is 5.03. The molecule has 9 heteroatoms. The number of amides is 1. The largest absolute Gasteiger partial charge is 0.485 e. The fourth-order valence-electron chi connectivity index (χ4n) is 3.22. The van der Waals surface area contributed by atoms with E-state index in [4.69, 9.17) is 13.9 Å². The number of furan rings is 1. The summed E-state index contributed by atoms with van der Waals surface area (Å²) in [6.07, 6.45) is 0.527. The molecule has 1 atom stereocenters. The molecule has 1 unspecified atom stereocenters. The average Bonchev–Trinajstić information content (AvgIpc) is 3.26. The van der Waals surface area contributed by atoms with Gasteiger partial charge in [-0.15, -0.1) is 0 Å². The van der Waals surface area contributed by atoms with Crippen LogP contribution in [0.15, 0.2) is 64.1 Å². The number of nitro groups is 1. The minimum Gasteiger partial charge on any atom is -0.485 e. The number of hydrogen-bond acceptors (Lipinski definition) is 7. The number of nitrogens with one attached hydrogen (secondary N) is 1. The Kier molecular flexibility index (Phi) is 5.87.